The number of hydrogen-bond donors (Lipinski definition) is 1. The molecule has 1 saturated heterocycles. The maximum Gasteiger partial charge on any atom is 0.238 e. The molecule has 20 heavy (non-hydrogen) atoms. The molecule has 1 atom stereocenters. The number of anilines is 1. The molecule has 3 nitrogen and oxygen atoms in total. The molecule has 1 aromatic rings. The molecule has 0 spiro atoms. The fourth-order valence-electron chi connectivity index (χ4n) is 2.45. The average Bonchev–Trinajstić information content (AvgIpc) is 2.39. The van der Waals surface area contributed by atoms with Gasteiger partial charge in [0.15, 0.2) is 17.5 Å². The van der Waals surface area contributed by atoms with Crippen LogP contribution in [-0.2, 0) is 4.79 Å². The second-order valence-corrected chi connectivity index (χ2v) is 5.25. The molecule has 2 rings (SSSR count). The number of piperidine rings is 1. The van der Waals surface area contributed by atoms with Crippen LogP contribution in [0.15, 0.2) is 12.1 Å². The van der Waals surface area contributed by atoms with E-state index in [2.05, 4.69) is 12.2 Å². The number of benzene rings is 1. The molecule has 0 unspecified atom stereocenters. The van der Waals surface area contributed by atoms with Gasteiger partial charge in [-0.2, -0.15) is 0 Å². The Kier molecular flexibility index (Phi) is 4.65. The molecule has 110 valence electrons. The SMILES string of the molecule is C[C@@H]1CCCN(CC(=O)Nc2ccc(F)c(F)c2F)C1. The summed E-state index contributed by atoms with van der Waals surface area (Å²) in [6.07, 6.45) is 2.16. The highest BCUT2D eigenvalue weighted by molar-refractivity contribution is 5.92. The first-order valence-electron chi connectivity index (χ1n) is 6.63. The smallest absolute Gasteiger partial charge is 0.238 e. The number of carbonyl (C=O) groups excluding carboxylic acids is 1. The van der Waals surface area contributed by atoms with Gasteiger partial charge in [-0.25, -0.2) is 13.2 Å². The third-order valence-electron chi connectivity index (χ3n) is 3.42. The van der Waals surface area contributed by atoms with Crippen LogP contribution in [0.1, 0.15) is 19.8 Å². The molecule has 0 aliphatic carbocycles. The average molecular weight is 286 g/mol. The summed E-state index contributed by atoms with van der Waals surface area (Å²) in [5.74, 6) is -4.12. The number of carbonyl (C=O) groups is 1. The van der Waals surface area contributed by atoms with Crippen molar-refractivity contribution in [3.05, 3.63) is 29.6 Å². The summed E-state index contributed by atoms with van der Waals surface area (Å²) in [6, 6.07) is 1.81. The Morgan fingerprint density at radius 1 is 1.35 bits per heavy atom. The predicted octanol–water partition coefficient (Wildman–Crippen LogP) is 2.77. The van der Waals surface area contributed by atoms with Crippen LogP contribution < -0.4 is 5.32 Å². The van der Waals surface area contributed by atoms with Gasteiger partial charge in [-0.05, 0) is 37.4 Å². The Morgan fingerprint density at radius 3 is 2.80 bits per heavy atom. The third-order valence-corrected chi connectivity index (χ3v) is 3.42. The number of likely N-dealkylation sites (tertiary alicyclic amines) is 1. The van der Waals surface area contributed by atoms with Crippen LogP contribution in [0, 0.1) is 23.4 Å². The molecule has 0 radical (unpaired) electrons. The molecule has 1 N–H and O–H groups in total. The van der Waals surface area contributed by atoms with Gasteiger partial charge in [0.2, 0.25) is 5.91 Å². The van der Waals surface area contributed by atoms with Crippen molar-refractivity contribution in [3.63, 3.8) is 0 Å². The van der Waals surface area contributed by atoms with Gasteiger partial charge < -0.3 is 5.32 Å². The predicted molar refractivity (Wildman–Crippen MR) is 69.8 cm³/mol. The van der Waals surface area contributed by atoms with Gasteiger partial charge in [-0.1, -0.05) is 6.92 Å². The fourth-order valence-corrected chi connectivity index (χ4v) is 2.45. The van der Waals surface area contributed by atoms with E-state index in [4.69, 9.17) is 0 Å². The van der Waals surface area contributed by atoms with Gasteiger partial charge in [0.1, 0.15) is 0 Å². The Morgan fingerprint density at radius 2 is 2.10 bits per heavy atom. The highest BCUT2D eigenvalue weighted by Crippen LogP contribution is 2.20. The van der Waals surface area contributed by atoms with Crippen LogP contribution in [0.3, 0.4) is 0 Å². The highest BCUT2D eigenvalue weighted by atomic mass is 19.2. The number of nitrogens with zero attached hydrogens (tertiary/aromatic N) is 1. The van der Waals surface area contributed by atoms with Crippen molar-refractivity contribution in [1.29, 1.82) is 0 Å². The molecule has 1 amide bonds. The number of amides is 1. The van der Waals surface area contributed by atoms with E-state index in [0.29, 0.717) is 5.92 Å². The molecule has 6 heteroatoms. The Balaban J connectivity index is 1.96. The maximum absolute atomic E-state index is 13.4. The Bertz CT molecular complexity index is 507. The van der Waals surface area contributed by atoms with E-state index in [1.54, 1.807) is 0 Å². The number of nitrogens with one attached hydrogen (secondary N) is 1. The first-order valence-corrected chi connectivity index (χ1v) is 6.63. The van der Waals surface area contributed by atoms with E-state index in [0.717, 1.165) is 38.1 Å². The van der Waals surface area contributed by atoms with Crippen LogP contribution >= 0.6 is 0 Å². The first-order chi connectivity index (χ1) is 9.47. The molecule has 1 heterocycles. The summed E-state index contributed by atoms with van der Waals surface area (Å²) in [5, 5.41) is 2.28. The Labute approximate surface area is 115 Å². The van der Waals surface area contributed by atoms with Gasteiger partial charge in [-0.15, -0.1) is 0 Å². The van der Waals surface area contributed by atoms with Crippen molar-refractivity contribution in [2.75, 3.05) is 25.0 Å². The first kappa shape index (κ1) is 14.8. The van der Waals surface area contributed by atoms with Gasteiger partial charge in [-0.3, -0.25) is 9.69 Å². The lowest BCUT2D eigenvalue weighted by Crippen LogP contribution is -2.39. The van der Waals surface area contributed by atoms with E-state index in [1.807, 2.05) is 4.90 Å². The molecule has 0 aromatic heterocycles. The maximum atomic E-state index is 13.4. The second kappa shape index (κ2) is 6.26. The Hall–Kier alpha value is -1.56. The van der Waals surface area contributed by atoms with Gasteiger partial charge in [0, 0.05) is 6.54 Å². The highest BCUT2D eigenvalue weighted by Gasteiger charge is 2.20. The lowest BCUT2D eigenvalue weighted by atomic mass is 10.0. The number of hydrogen-bond acceptors (Lipinski definition) is 2. The molecular formula is C14H17F3N2O. The summed E-state index contributed by atoms with van der Waals surface area (Å²) >= 11 is 0. The van der Waals surface area contributed by atoms with E-state index < -0.39 is 23.4 Å². The lowest BCUT2D eigenvalue weighted by Gasteiger charge is -2.30. The summed E-state index contributed by atoms with van der Waals surface area (Å²) in [7, 11) is 0. The zero-order chi connectivity index (χ0) is 14.7. The number of rotatable bonds is 3. The quantitative estimate of drug-likeness (QED) is 0.867. The summed E-state index contributed by atoms with van der Waals surface area (Å²) in [4.78, 5) is 13.8. The van der Waals surface area contributed by atoms with Crippen molar-refractivity contribution in [2.45, 2.75) is 19.8 Å². The van der Waals surface area contributed by atoms with Gasteiger partial charge >= 0.3 is 0 Å². The summed E-state index contributed by atoms with van der Waals surface area (Å²) in [6.45, 7) is 3.87. The van der Waals surface area contributed by atoms with Crippen LogP contribution in [-0.4, -0.2) is 30.4 Å². The minimum Gasteiger partial charge on any atom is -0.322 e. The van der Waals surface area contributed by atoms with Crippen LogP contribution in [0.25, 0.3) is 0 Å². The molecule has 0 bridgehead atoms. The largest absolute Gasteiger partial charge is 0.322 e. The summed E-state index contributed by atoms with van der Waals surface area (Å²) < 4.78 is 39.2. The standard InChI is InChI=1S/C14H17F3N2O/c1-9-3-2-6-19(7-9)8-12(20)18-11-5-4-10(15)13(16)14(11)17/h4-5,9H,2-3,6-8H2,1H3,(H,18,20)/t9-/m1/s1. The fraction of sp³-hybridized carbons (Fsp3) is 0.500. The zero-order valence-corrected chi connectivity index (χ0v) is 11.3. The van der Waals surface area contributed by atoms with Crippen molar-refractivity contribution in [2.24, 2.45) is 5.92 Å². The number of halogens is 3. The van der Waals surface area contributed by atoms with Crippen molar-refractivity contribution in [1.82, 2.24) is 4.90 Å². The molecule has 0 saturated carbocycles. The van der Waals surface area contributed by atoms with Crippen molar-refractivity contribution < 1.29 is 18.0 Å². The van der Waals surface area contributed by atoms with E-state index in [9.17, 15) is 18.0 Å². The van der Waals surface area contributed by atoms with Crippen LogP contribution in [0.5, 0.6) is 0 Å². The minimum atomic E-state index is -1.57. The topological polar surface area (TPSA) is 32.3 Å². The van der Waals surface area contributed by atoms with Crippen LogP contribution in [0.2, 0.25) is 0 Å². The molecule has 1 aliphatic heterocycles. The minimum absolute atomic E-state index is 0.128. The third kappa shape index (κ3) is 3.50. The normalized spacial score (nSPS) is 19.9. The van der Waals surface area contributed by atoms with Gasteiger partial charge in [0.25, 0.3) is 0 Å². The molecule has 1 aromatic carbocycles. The molecule has 1 aliphatic rings. The molecule has 1 fully saturated rings. The monoisotopic (exact) mass is 286 g/mol. The lowest BCUT2D eigenvalue weighted by molar-refractivity contribution is -0.117. The summed E-state index contributed by atoms with van der Waals surface area (Å²) in [5.41, 5.74) is -0.334. The van der Waals surface area contributed by atoms with E-state index in [1.165, 1.54) is 0 Å². The zero-order valence-electron chi connectivity index (χ0n) is 11.3. The van der Waals surface area contributed by atoms with E-state index >= 15 is 0 Å². The van der Waals surface area contributed by atoms with Crippen molar-refractivity contribution >= 4 is 11.6 Å². The van der Waals surface area contributed by atoms with Crippen molar-refractivity contribution in [3.8, 4) is 0 Å². The van der Waals surface area contributed by atoms with Crippen LogP contribution in [0.4, 0.5) is 18.9 Å². The van der Waals surface area contributed by atoms with E-state index in [-0.39, 0.29) is 12.2 Å². The van der Waals surface area contributed by atoms with Gasteiger partial charge in [0.05, 0.1) is 12.2 Å². The molecular weight excluding hydrogens is 269 g/mol. The second-order valence-electron chi connectivity index (χ2n) is 5.25.